The minimum atomic E-state index is -4.36. The van der Waals surface area contributed by atoms with Crippen LogP contribution < -0.4 is 10.1 Å². The van der Waals surface area contributed by atoms with E-state index in [0.29, 0.717) is 13.1 Å². The van der Waals surface area contributed by atoms with Gasteiger partial charge in [0.15, 0.2) is 0 Å². The number of halogens is 3. The quantitative estimate of drug-likeness (QED) is 0.812. The van der Waals surface area contributed by atoms with Gasteiger partial charge in [0.05, 0.1) is 17.3 Å². The van der Waals surface area contributed by atoms with E-state index in [4.69, 9.17) is 4.74 Å². The van der Waals surface area contributed by atoms with Crippen molar-refractivity contribution in [2.75, 3.05) is 13.2 Å². The lowest BCUT2D eigenvalue weighted by Gasteiger charge is -2.18. The van der Waals surface area contributed by atoms with Crippen LogP contribution in [0.3, 0.4) is 0 Å². The summed E-state index contributed by atoms with van der Waals surface area (Å²) in [5, 5.41) is 7.49. The summed E-state index contributed by atoms with van der Waals surface area (Å²) in [7, 11) is 0. The van der Waals surface area contributed by atoms with Crippen LogP contribution in [0.15, 0.2) is 36.7 Å². The van der Waals surface area contributed by atoms with Crippen LogP contribution in [0.4, 0.5) is 13.2 Å². The zero-order chi connectivity index (χ0) is 17.8. The Morgan fingerprint density at radius 2 is 1.96 bits per heavy atom. The molecule has 1 aromatic heterocycles. The van der Waals surface area contributed by atoms with E-state index in [-0.39, 0.29) is 17.9 Å². The summed E-state index contributed by atoms with van der Waals surface area (Å²) in [5.41, 5.74) is 0.275. The maximum absolute atomic E-state index is 12.6. The fourth-order valence-electron chi connectivity index (χ4n) is 2.05. The molecule has 132 valence electrons. The van der Waals surface area contributed by atoms with E-state index in [1.54, 1.807) is 6.20 Å². The van der Waals surface area contributed by atoms with E-state index in [9.17, 15) is 13.2 Å². The molecule has 0 atom stereocenters. The summed E-state index contributed by atoms with van der Waals surface area (Å²) in [6.07, 6.45) is -0.586. The summed E-state index contributed by atoms with van der Waals surface area (Å²) < 4.78 is 45.1. The number of alkyl halides is 3. The summed E-state index contributed by atoms with van der Waals surface area (Å²) in [4.78, 5) is 0. The first-order chi connectivity index (χ1) is 11.2. The molecule has 1 aromatic carbocycles. The number of hydrogen-bond acceptors (Lipinski definition) is 3. The number of nitrogens with zero attached hydrogens (tertiary/aromatic N) is 2. The number of ether oxygens (including phenoxy) is 1. The third kappa shape index (κ3) is 5.26. The Hall–Kier alpha value is -2.02. The van der Waals surface area contributed by atoms with Gasteiger partial charge in [-0.3, -0.25) is 4.68 Å². The highest BCUT2D eigenvalue weighted by atomic mass is 19.4. The molecular formula is C17H22F3N3O. The number of hydrogen-bond donors (Lipinski definition) is 1. The first-order valence-electron chi connectivity index (χ1n) is 7.71. The summed E-state index contributed by atoms with van der Waals surface area (Å²) in [6, 6.07) is 4.89. The Morgan fingerprint density at radius 3 is 2.58 bits per heavy atom. The van der Waals surface area contributed by atoms with Gasteiger partial charge >= 0.3 is 6.18 Å². The van der Waals surface area contributed by atoms with Crippen molar-refractivity contribution < 1.29 is 17.9 Å². The molecule has 2 aromatic rings. The van der Waals surface area contributed by atoms with Gasteiger partial charge in [-0.05, 0) is 39.0 Å². The van der Waals surface area contributed by atoms with Gasteiger partial charge in [0.1, 0.15) is 12.4 Å². The molecule has 4 nitrogen and oxygen atoms in total. The Morgan fingerprint density at radius 1 is 1.21 bits per heavy atom. The SMILES string of the molecule is CC(C)(C)n1cc(CNCCOc2cccc(C(F)(F)F)c2)cn1. The molecule has 0 saturated carbocycles. The average molecular weight is 341 g/mol. The predicted octanol–water partition coefficient (Wildman–Crippen LogP) is 3.83. The van der Waals surface area contributed by atoms with Gasteiger partial charge in [-0.1, -0.05) is 6.07 Å². The van der Waals surface area contributed by atoms with Crippen LogP contribution in [0.5, 0.6) is 5.75 Å². The van der Waals surface area contributed by atoms with E-state index < -0.39 is 11.7 Å². The number of nitrogens with one attached hydrogen (secondary N) is 1. The average Bonchev–Trinajstić information content (AvgIpc) is 2.95. The second-order valence-corrected chi connectivity index (χ2v) is 6.51. The highest BCUT2D eigenvalue weighted by Gasteiger charge is 2.30. The van der Waals surface area contributed by atoms with Crippen molar-refractivity contribution in [3.63, 3.8) is 0 Å². The largest absolute Gasteiger partial charge is 0.492 e. The van der Waals surface area contributed by atoms with Crippen LogP contribution in [0.1, 0.15) is 31.9 Å². The van der Waals surface area contributed by atoms with Crippen LogP contribution >= 0.6 is 0 Å². The molecule has 0 aliphatic rings. The van der Waals surface area contributed by atoms with Crippen molar-refractivity contribution in [2.24, 2.45) is 0 Å². The van der Waals surface area contributed by atoms with Gasteiger partial charge in [-0.15, -0.1) is 0 Å². The highest BCUT2D eigenvalue weighted by molar-refractivity contribution is 5.30. The van der Waals surface area contributed by atoms with Crippen LogP contribution in [0, 0.1) is 0 Å². The van der Waals surface area contributed by atoms with Crippen molar-refractivity contribution in [2.45, 2.75) is 39.0 Å². The standard InChI is InChI=1S/C17H22F3N3O/c1-16(2,3)23-12-13(11-22-23)10-21-7-8-24-15-6-4-5-14(9-15)17(18,19)20/h4-6,9,11-12,21H,7-8,10H2,1-3H3. The first kappa shape index (κ1) is 18.3. The second-order valence-electron chi connectivity index (χ2n) is 6.51. The molecule has 0 bridgehead atoms. The molecule has 0 fully saturated rings. The van der Waals surface area contributed by atoms with Gasteiger partial charge in [-0.25, -0.2) is 0 Å². The van der Waals surface area contributed by atoms with Crippen LogP contribution in [0.25, 0.3) is 0 Å². The third-order valence-electron chi connectivity index (χ3n) is 3.36. The minimum absolute atomic E-state index is 0.0646. The molecule has 2 rings (SSSR count). The summed E-state index contributed by atoms with van der Waals surface area (Å²) >= 11 is 0. The fourth-order valence-corrected chi connectivity index (χ4v) is 2.05. The molecule has 0 radical (unpaired) electrons. The number of benzene rings is 1. The van der Waals surface area contributed by atoms with Crippen molar-refractivity contribution in [3.05, 3.63) is 47.8 Å². The van der Waals surface area contributed by atoms with Gasteiger partial charge < -0.3 is 10.1 Å². The van der Waals surface area contributed by atoms with Crippen LogP contribution in [-0.2, 0) is 18.3 Å². The Bertz CT molecular complexity index is 660. The molecule has 1 heterocycles. The monoisotopic (exact) mass is 341 g/mol. The van der Waals surface area contributed by atoms with Crippen molar-refractivity contribution in [3.8, 4) is 5.75 Å². The Balaban J connectivity index is 1.75. The van der Waals surface area contributed by atoms with Gasteiger partial charge in [0.2, 0.25) is 0 Å². The van der Waals surface area contributed by atoms with Crippen LogP contribution in [0.2, 0.25) is 0 Å². The van der Waals surface area contributed by atoms with Gasteiger partial charge in [0, 0.05) is 24.8 Å². The topological polar surface area (TPSA) is 39.1 Å². The fraction of sp³-hybridized carbons (Fsp3) is 0.471. The summed E-state index contributed by atoms with van der Waals surface area (Å²) in [6.45, 7) is 7.65. The zero-order valence-electron chi connectivity index (χ0n) is 14.0. The predicted molar refractivity (Wildman–Crippen MR) is 85.9 cm³/mol. The molecular weight excluding hydrogens is 319 g/mol. The third-order valence-corrected chi connectivity index (χ3v) is 3.36. The van der Waals surface area contributed by atoms with Crippen LogP contribution in [-0.4, -0.2) is 22.9 Å². The molecule has 24 heavy (non-hydrogen) atoms. The smallest absolute Gasteiger partial charge is 0.416 e. The van der Waals surface area contributed by atoms with E-state index in [1.165, 1.54) is 12.1 Å². The lowest BCUT2D eigenvalue weighted by atomic mass is 10.1. The maximum Gasteiger partial charge on any atom is 0.416 e. The molecule has 0 spiro atoms. The van der Waals surface area contributed by atoms with Gasteiger partial charge in [-0.2, -0.15) is 18.3 Å². The molecule has 1 N–H and O–H groups in total. The highest BCUT2D eigenvalue weighted by Crippen LogP contribution is 2.31. The molecule has 0 aliphatic carbocycles. The molecule has 7 heteroatoms. The first-order valence-corrected chi connectivity index (χ1v) is 7.71. The number of aromatic nitrogens is 2. The second kappa shape index (κ2) is 7.25. The molecule has 0 saturated heterocycles. The molecule has 0 unspecified atom stereocenters. The molecule has 0 amide bonds. The normalized spacial score (nSPS) is 12.4. The van der Waals surface area contributed by atoms with Crippen molar-refractivity contribution in [1.29, 1.82) is 0 Å². The lowest BCUT2D eigenvalue weighted by Crippen LogP contribution is -2.22. The molecule has 0 aliphatic heterocycles. The van der Waals surface area contributed by atoms with Crippen molar-refractivity contribution >= 4 is 0 Å². The van der Waals surface area contributed by atoms with Crippen molar-refractivity contribution in [1.82, 2.24) is 15.1 Å². The van der Waals surface area contributed by atoms with Gasteiger partial charge in [0.25, 0.3) is 0 Å². The zero-order valence-corrected chi connectivity index (χ0v) is 14.0. The van der Waals surface area contributed by atoms with E-state index in [0.717, 1.165) is 17.7 Å². The number of rotatable bonds is 6. The Kier molecular flexibility index (Phi) is 5.54. The Labute approximate surface area is 139 Å². The lowest BCUT2D eigenvalue weighted by molar-refractivity contribution is -0.137. The minimum Gasteiger partial charge on any atom is -0.492 e. The van der Waals surface area contributed by atoms with E-state index in [2.05, 4.69) is 31.2 Å². The summed E-state index contributed by atoms with van der Waals surface area (Å²) in [5.74, 6) is 0.215. The van der Waals surface area contributed by atoms with E-state index in [1.807, 2.05) is 10.9 Å². The van der Waals surface area contributed by atoms with E-state index >= 15 is 0 Å². The maximum atomic E-state index is 12.6.